The molecule has 2 heterocycles. The van der Waals surface area contributed by atoms with Crippen LogP contribution in [0.5, 0.6) is 0 Å². The molecule has 0 aliphatic heterocycles. The zero-order valence-electron chi connectivity index (χ0n) is 13.7. The maximum atomic E-state index is 12.4. The lowest BCUT2D eigenvalue weighted by molar-refractivity contribution is 0.101. The molecule has 0 saturated carbocycles. The van der Waals surface area contributed by atoms with E-state index in [1.807, 2.05) is 49.4 Å². The SMILES string of the molecule is Cc1ccc(-c2cc(C(=O)Nc3nc4ccccc4s3)no2)cc1C. The monoisotopic (exact) mass is 349 g/mol. The van der Waals surface area contributed by atoms with Crippen molar-refractivity contribution in [3.05, 3.63) is 65.4 Å². The maximum Gasteiger partial charge on any atom is 0.279 e. The number of nitrogens with zero attached hydrogens (tertiary/aromatic N) is 2. The average Bonchev–Trinajstić information content (AvgIpc) is 3.23. The van der Waals surface area contributed by atoms with Gasteiger partial charge in [0, 0.05) is 11.6 Å². The van der Waals surface area contributed by atoms with Crippen LogP contribution in [0, 0.1) is 13.8 Å². The van der Waals surface area contributed by atoms with Crippen LogP contribution in [0.2, 0.25) is 0 Å². The summed E-state index contributed by atoms with van der Waals surface area (Å²) < 4.78 is 6.36. The first-order valence-corrected chi connectivity index (χ1v) is 8.63. The Morgan fingerprint density at radius 2 is 1.92 bits per heavy atom. The number of carbonyl (C=O) groups is 1. The van der Waals surface area contributed by atoms with Crippen LogP contribution >= 0.6 is 11.3 Å². The molecule has 5 nitrogen and oxygen atoms in total. The van der Waals surface area contributed by atoms with Gasteiger partial charge in [0.2, 0.25) is 0 Å². The minimum absolute atomic E-state index is 0.229. The van der Waals surface area contributed by atoms with E-state index in [0.717, 1.165) is 21.3 Å². The molecule has 0 fully saturated rings. The van der Waals surface area contributed by atoms with Gasteiger partial charge < -0.3 is 4.52 Å². The van der Waals surface area contributed by atoms with Gasteiger partial charge in [0.1, 0.15) is 0 Å². The van der Waals surface area contributed by atoms with Gasteiger partial charge in [0.15, 0.2) is 16.6 Å². The standard InChI is InChI=1S/C19H15N3O2S/c1-11-7-8-13(9-12(11)2)16-10-15(22-24-16)18(23)21-19-20-14-5-3-4-6-17(14)25-19/h3-10H,1-2H3,(H,20,21,23). The number of anilines is 1. The number of aryl methyl sites for hydroxylation is 2. The van der Waals surface area contributed by atoms with Gasteiger partial charge in [-0.2, -0.15) is 0 Å². The van der Waals surface area contributed by atoms with Gasteiger partial charge in [-0.05, 0) is 43.2 Å². The summed E-state index contributed by atoms with van der Waals surface area (Å²) in [7, 11) is 0. The zero-order valence-corrected chi connectivity index (χ0v) is 14.6. The molecular weight excluding hydrogens is 334 g/mol. The van der Waals surface area contributed by atoms with Gasteiger partial charge in [0.25, 0.3) is 5.91 Å². The molecule has 1 amide bonds. The predicted octanol–water partition coefficient (Wildman–Crippen LogP) is 4.82. The second-order valence-corrected chi connectivity index (χ2v) is 6.85. The average molecular weight is 349 g/mol. The van der Waals surface area contributed by atoms with Gasteiger partial charge in [-0.25, -0.2) is 4.98 Å². The number of benzene rings is 2. The summed E-state index contributed by atoms with van der Waals surface area (Å²) in [5.41, 5.74) is 4.35. The fourth-order valence-corrected chi connectivity index (χ4v) is 3.36. The number of hydrogen-bond acceptors (Lipinski definition) is 5. The van der Waals surface area contributed by atoms with E-state index in [1.165, 1.54) is 16.9 Å². The van der Waals surface area contributed by atoms with Gasteiger partial charge in [0.05, 0.1) is 10.2 Å². The van der Waals surface area contributed by atoms with Crippen LogP contribution in [0.3, 0.4) is 0 Å². The summed E-state index contributed by atoms with van der Waals surface area (Å²) >= 11 is 1.43. The molecule has 0 saturated heterocycles. The third-order valence-corrected chi connectivity index (χ3v) is 5.00. The lowest BCUT2D eigenvalue weighted by Crippen LogP contribution is -2.11. The Morgan fingerprint density at radius 1 is 1.08 bits per heavy atom. The van der Waals surface area contributed by atoms with Crippen molar-refractivity contribution < 1.29 is 9.32 Å². The van der Waals surface area contributed by atoms with E-state index in [9.17, 15) is 4.79 Å². The number of rotatable bonds is 3. The number of fused-ring (bicyclic) bond motifs is 1. The molecule has 124 valence electrons. The van der Waals surface area contributed by atoms with Crippen molar-refractivity contribution in [3.8, 4) is 11.3 Å². The molecule has 0 aliphatic carbocycles. The van der Waals surface area contributed by atoms with Crippen LogP contribution in [0.1, 0.15) is 21.6 Å². The molecule has 25 heavy (non-hydrogen) atoms. The van der Waals surface area contributed by atoms with Crippen molar-refractivity contribution in [2.24, 2.45) is 0 Å². The number of nitrogens with one attached hydrogen (secondary N) is 1. The van der Waals surface area contributed by atoms with E-state index in [-0.39, 0.29) is 11.6 Å². The molecule has 0 radical (unpaired) electrons. The molecule has 4 rings (SSSR count). The predicted molar refractivity (Wildman–Crippen MR) is 99.0 cm³/mol. The fourth-order valence-electron chi connectivity index (χ4n) is 2.50. The molecule has 1 N–H and O–H groups in total. The van der Waals surface area contributed by atoms with Crippen LogP contribution in [0.25, 0.3) is 21.5 Å². The van der Waals surface area contributed by atoms with E-state index in [1.54, 1.807) is 6.07 Å². The van der Waals surface area contributed by atoms with Crippen LogP contribution in [-0.4, -0.2) is 16.0 Å². The molecular formula is C19H15N3O2S. The third kappa shape index (κ3) is 3.04. The Morgan fingerprint density at radius 3 is 2.72 bits per heavy atom. The summed E-state index contributed by atoms with van der Waals surface area (Å²) in [6, 6.07) is 15.4. The van der Waals surface area contributed by atoms with Gasteiger partial charge in [-0.15, -0.1) is 0 Å². The second-order valence-electron chi connectivity index (χ2n) is 5.82. The van der Waals surface area contributed by atoms with Crippen molar-refractivity contribution in [2.75, 3.05) is 5.32 Å². The number of hydrogen-bond donors (Lipinski definition) is 1. The topological polar surface area (TPSA) is 68.0 Å². The summed E-state index contributed by atoms with van der Waals surface area (Å²) in [5.74, 6) is 0.232. The number of para-hydroxylation sites is 1. The highest BCUT2D eigenvalue weighted by Crippen LogP contribution is 2.27. The van der Waals surface area contributed by atoms with Crippen LogP contribution in [-0.2, 0) is 0 Å². The third-order valence-electron chi connectivity index (χ3n) is 4.05. The minimum atomic E-state index is -0.335. The number of amides is 1. The summed E-state index contributed by atoms with van der Waals surface area (Å²) in [6.07, 6.45) is 0. The highest BCUT2D eigenvalue weighted by Gasteiger charge is 2.16. The second kappa shape index (κ2) is 6.14. The lowest BCUT2D eigenvalue weighted by Gasteiger charge is -2.01. The number of carbonyl (C=O) groups excluding carboxylic acids is 1. The van der Waals surface area contributed by atoms with Crippen LogP contribution < -0.4 is 5.32 Å². The van der Waals surface area contributed by atoms with Crippen molar-refractivity contribution in [3.63, 3.8) is 0 Å². The van der Waals surface area contributed by atoms with E-state index in [0.29, 0.717) is 10.9 Å². The van der Waals surface area contributed by atoms with E-state index < -0.39 is 0 Å². The number of thiazole rings is 1. The lowest BCUT2D eigenvalue weighted by atomic mass is 10.0. The van der Waals surface area contributed by atoms with Crippen molar-refractivity contribution in [1.29, 1.82) is 0 Å². The van der Waals surface area contributed by atoms with Gasteiger partial charge >= 0.3 is 0 Å². The normalized spacial score (nSPS) is 11.0. The first-order chi connectivity index (χ1) is 12.1. The van der Waals surface area contributed by atoms with Crippen molar-refractivity contribution >= 4 is 32.6 Å². The Bertz CT molecular complexity index is 1050. The summed E-state index contributed by atoms with van der Waals surface area (Å²) in [6.45, 7) is 4.09. The van der Waals surface area contributed by atoms with E-state index in [4.69, 9.17) is 4.52 Å². The zero-order chi connectivity index (χ0) is 17.4. The Balaban J connectivity index is 1.56. The fraction of sp³-hybridized carbons (Fsp3) is 0.105. The largest absolute Gasteiger partial charge is 0.355 e. The molecule has 6 heteroatoms. The smallest absolute Gasteiger partial charge is 0.279 e. The highest BCUT2D eigenvalue weighted by atomic mass is 32.1. The highest BCUT2D eigenvalue weighted by molar-refractivity contribution is 7.22. The first kappa shape index (κ1) is 15.5. The van der Waals surface area contributed by atoms with Crippen molar-refractivity contribution in [1.82, 2.24) is 10.1 Å². The van der Waals surface area contributed by atoms with E-state index >= 15 is 0 Å². The molecule has 2 aromatic carbocycles. The Kier molecular flexibility index (Phi) is 3.82. The molecule has 0 aliphatic rings. The maximum absolute atomic E-state index is 12.4. The summed E-state index contributed by atoms with van der Waals surface area (Å²) in [5, 5.41) is 7.21. The number of aromatic nitrogens is 2. The molecule has 0 atom stereocenters. The molecule has 0 bridgehead atoms. The summed E-state index contributed by atoms with van der Waals surface area (Å²) in [4.78, 5) is 16.8. The van der Waals surface area contributed by atoms with Gasteiger partial charge in [-0.3, -0.25) is 10.1 Å². The molecule has 0 spiro atoms. The van der Waals surface area contributed by atoms with Crippen molar-refractivity contribution in [2.45, 2.75) is 13.8 Å². The molecule has 2 aromatic heterocycles. The molecule has 4 aromatic rings. The Hall–Kier alpha value is -2.99. The molecule has 0 unspecified atom stereocenters. The van der Waals surface area contributed by atoms with Crippen LogP contribution in [0.15, 0.2) is 53.1 Å². The first-order valence-electron chi connectivity index (χ1n) is 7.81. The minimum Gasteiger partial charge on any atom is -0.355 e. The van der Waals surface area contributed by atoms with E-state index in [2.05, 4.69) is 22.4 Å². The quantitative estimate of drug-likeness (QED) is 0.576. The van der Waals surface area contributed by atoms with Gasteiger partial charge in [-0.1, -0.05) is 40.8 Å². The Labute approximate surface area is 148 Å². The van der Waals surface area contributed by atoms with Crippen LogP contribution in [0.4, 0.5) is 5.13 Å².